The molecule has 5 atom stereocenters. The van der Waals surface area contributed by atoms with Crippen LogP contribution in [0.3, 0.4) is 0 Å². The van der Waals surface area contributed by atoms with E-state index in [1.807, 2.05) is 24.3 Å². The average molecular weight is 345 g/mol. The Labute approximate surface area is 151 Å². The van der Waals surface area contributed by atoms with E-state index in [9.17, 15) is 4.79 Å². The molecule has 2 bridgehead atoms. The SMILES string of the molecule is [2H][13C]([2H])([2H])N1CC[C@]23c4c5ccc(OC)c4O[C@H]2[C@@H](OC(C)=O)C=C[C@H]3[C@H]1C5. The first-order valence-electron chi connectivity index (χ1n) is 10.3. The molecular formula is C20H23NO4. The first-order chi connectivity index (χ1) is 13.3. The topological polar surface area (TPSA) is 48.0 Å². The molecule has 1 aromatic carbocycles. The molecule has 0 radical (unpaired) electrons. The fourth-order valence-corrected chi connectivity index (χ4v) is 5.48. The van der Waals surface area contributed by atoms with Crippen molar-refractivity contribution in [3.63, 3.8) is 0 Å². The van der Waals surface area contributed by atoms with E-state index in [0.29, 0.717) is 25.1 Å². The Morgan fingerprint density at radius 1 is 1.44 bits per heavy atom. The lowest BCUT2D eigenvalue weighted by molar-refractivity contribution is -0.152. The fourth-order valence-electron chi connectivity index (χ4n) is 5.48. The van der Waals surface area contributed by atoms with Crippen molar-refractivity contribution < 1.29 is 23.1 Å². The van der Waals surface area contributed by atoms with Crippen molar-refractivity contribution in [2.75, 3.05) is 20.6 Å². The van der Waals surface area contributed by atoms with Gasteiger partial charge < -0.3 is 19.1 Å². The summed E-state index contributed by atoms with van der Waals surface area (Å²) in [6, 6.07) is 3.76. The Morgan fingerprint density at radius 3 is 3.08 bits per heavy atom. The largest absolute Gasteiger partial charge is 0.493 e. The molecule has 5 heteroatoms. The molecule has 132 valence electrons. The summed E-state index contributed by atoms with van der Waals surface area (Å²) in [6.45, 7) is -0.296. The summed E-state index contributed by atoms with van der Waals surface area (Å²) in [5.74, 6) is 1.01. The Morgan fingerprint density at radius 2 is 2.32 bits per heavy atom. The molecule has 25 heavy (non-hydrogen) atoms. The number of methoxy groups -OCH3 is 1. The third-order valence-electron chi connectivity index (χ3n) is 6.36. The molecule has 0 N–H and O–H groups in total. The molecule has 1 fully saturated rings. The number of carbonyl (C=O) groups is 1. The Kier molecular flexibility index (Phi) is 2.48. The van der Waals surface area contributed by atoms with Crippen LogP contribution in [-0.4, -0.2) is 49.7 Å². The van der Waals surface area contributed by atoms with Crippen molar-refractivity contribution in [1.82, 2.24) is 4.90 Å². The summed E-state index contributed by atoms with van der Waals surface area (Å²) in [7, 11) is 1.61. The second-order valence-corrected chi connectivity index (χ2v) is 7.41. The number of hydrogen-bond donors (Lipinski definition) is 0. The van der Waals surface area contributed by atoms with Crippen molar-refractivity contribution in [1.29, 1.82) is 0 Å². The first-order valence-corrected chi connectivity index (χ1v) is 8.76. The van der Waals surface area contributed by atoms with Gasteiger partial charge in [-0.05, 0) is 44.1 Å². The minimum atomic E-state index is -2.14. The van der Waals surface area contributed by atoms with Gasteiger partial charge in [0, 0.05) is 34.0 Å². The van der Waals surface area contributed by atoms with Gasteiger partial charge in [-0.2, -0.15) is 0 Å². The van der Waals surface area contributed by atoms with E-state index >= 15 is 0 Å². The number of ether oxygens (including phenoxy) is 3. The molecule has 1 saturated heterocycles. The van der Waals surface area contributed by atoms with Crippen molar-refractivity contribution >= 4 is 5.97 Å². The number of benzene rings is 1. The summed E-state index contributed by atoms with van der Waals surface area (Å²) < 4.78 is 41.6. The van der Waals surface area contributed by atoms with Crippen LogP contribution >= 0.6 is 0 Å². The second-order valence-electron chi connectivity index (χ2n) is 7.41. The summed E-state index contributed by atoms with van der Waals surface area (Å²) >= 11 is 0. The van der Waals surface area contributed by atoms with E-state index in [0.717, 1.165) is 16.9 Å². The zero-order chi connectivity index (χ0) is 19.8. The normalized spacial score (nSPS) is 39.5. The van der Waals surface area contributed by atoms with Crippen molar-refractivity contribution in [3.05, 3.63) is 35.4 Å². The van der Waals surface area contributed by atoms with Gasteiger partial charge >= 0.3 is 5.97 Å². The predicted octanol–water partition coefficient (Wildman–Crippen LogP) is 2.07. The van der Waals surface area contributed by atoms with Crippen LogP contribution in [0.4, 0.5) is 0 Å². The molecule has 0 amide bonds. The van der Waals surface area contributed by atoms with Gasteiger partial charge in [0.05, 0.1) is 7.11 Å². The molecule has 2 aliphatic heterocycles. The monoisotopic (exact) mass is 345 g/mol. The average Bonchev–Trinajstić information content (AvgIpc) is 2.95. The first kappa shape index (κ1) is 12.4. The lowest BCUT2D eigenvalue weighted by Gasteiger charge is -2.56. The molecule has 2 heterocycles. The number of nitrogens with zero attached hydrogens (tertiary/aromatic N) is 1. The van der Waals surface area contributed by atoms with Crippen LogP contribution in [-0.2, 0) is 21.4 Å². The standard InChI is InChI=1S/C20H23NO4/c1-11(22)24-16-7-5-13-14-10-12-4-6-15(23-3)18-17(12)20(13,19(16)25-18)8-9-21(14)2/h4-7,13-14,16,19H,8-10H2,1-3H3/t13-,14+,16-,19-,20-/m0/s1/i2+1D3. The quantitative estimate of drug-likeness (QED) is 0.467. The van der Waals surface area contributed by atoms with Crippen molar-refractivity contribution in [2.24, 2.45) is 5.92 Å². The molecule has 0 unspecified atom stereocenters. The molecular weight excluding hydrogens is 319 g/mol. The maximum absolute atomic E-state index is 11.7. The van der Waals surface area contributed by atoms with Gasteiger partial charge in [0.2, 0.25) is 0 Å². The highest BCUT2D eigenvalue weighted by Crippen LogP contribution is 2.62. The smallest absolute Gasteiger partial charge is 0.303 e. The number of likely N-dealkylation sites (tertiary alicyclic amines) is 1. The van der Waals surface area contributed by atoms with Gasteiger partial charge in [-0.15, -0.1) is 0 Å². The molecule has 4 aliphatic rings. The maximum Gasteiger partial charge on any atom is 0.303 e. The third-order valence-corrected chi connectivity index (χ3v) is 6.36. The van der Waals surface area contributed by atoms with Crippen LogP contribution in [0.5, 0.6) is 11.5 Å². The van der Waals surface area contributed by atoms with Crippen LogP contribution in [0.25, 0.3) is 0 Å². The lowest BCUT2D eigenvalue weighted by Crippen LogP contribution is -2.65. The Balaban J connectivity index is 1.71. The number of likely N-dealkylation sites (N-methyl/N-ethyl adjacent to an activating group) is 1. The zero-order valence-corrected chi connectivity index (χ0v) is 14.3. The van der Waals surface area contributed by atoms with Gasteiger partial charge in [0.1, 0.15) is 6.10 Å². The van der Waals surface area contributed by atoms with Crippen molar-refractivity contribution in [3.8, 4) is 11.5 Å². The molecule has 5 nitrogen and oxygen atoms in total. The number of esters is 1. The van der Waals surface area contributed by atoms with E-state index < -0.39 is 18.5 Å². The van der Waals surface area contributed by atoms with E-state index in [2.05, 4.69) is 0 Å². The van der Waals surface area contributed by atoms with E-state index in [1.165, 1.54) is 6.92 Å². The van der Waals surface area contributed by atoms with Crippen LogP contribution in [0.15, 0.2) is 24.3 Å². The van der Waals surface area contributed by atoms with Gasteiger partial charge in [0.15, 0.2) is 17.6 Å². The lowest BCUT2D eigenvalue weighted by atomic mass is 9.53. The van der Waals surface area contributed by atoms with Gasteiger partial charge in [0.25, 0.3) is 0 Å². The molecule has 5 rings (SSSR count). The molecule has 0 aromatic heterocycles. The zero-order valence-electron chi connectivity index (χ0n) is 17.3. The summed E-state index contributed by atoms with van der Waals surface area (Å²) in [6.07, 6.45) is 4.32. The summed E-state index contributed by atoms with van der Waals surface area (Å²) in [5.41, 5.74) is 1.81. The fraction of sp³-hybridized carbons (Fsp3) is 0.550. The minimum absolute atomic E-state index is 0.0145. The van der Waals surface area contributed by atoms with Crippen LogP contribution < -0.4 is 9.47 Å². The second kappa shape index (κ2) is 5.01. The number of carbonyl (C=O) groups excluding carboxylic acids is 1. The van der Waals surface area contributed by atoms with E-state index in [4.69, 9.17) is 18.3 Å². The predicted molar refractivity (Wildman–Crippen MR) is 92.0 cm³/mol. The third kappa shape index (κ3) is 1.79. The molecule has 0 saturated carbocycles. The van der Waals surface area contributed by atoms with Crippen LogP contribution in [0.1, 0.15) is 28.6 Å². The van der Waals surface area contributed by atoms with Crippen LogP contribution in [0, 0.1) is 5.92 Å². The number of hydrogen-bond acceptors (Lipinski definition) is 5. The van der Waals surface area contributed by atoms with E-state index in [-0.39, 0.29) is 24.0 Å². The summed E-state index contributed by atoms with van der Waals surface area (Å²) in [5, 5.41) is 0. The summed E-state index contributed by atoms with van der Waals surface area (Å²) in [4.78, 5) is 13.3. The highest BCUT2D eigenvalue weighted by Gasteiger charge is 2.65. The highest BCUT2D eigenvalue weighted by atomic mass is 16.6. The highest BCUT2D eigenvalue weighted by molar-refractivity contribution is 5.67. The maximum atomic E-state index is 11.7. The molecule has 1 aromatic rings. The molecule has 2 aliphatic carbocycles. The van der Waals surface area contributed by atoms with E-state index in [1.54, 1.807) is 12.0 Å². The van der Waals surface area contributed by atoms with Crippen molar-refractivity contribution in [2.45, 2.75) is 43.4 Å². The minimum Gasteiger partial charge on any atom is -0.493 e. The van der Waals surface area contributed by atoms with Gasteiger partial charge in [-0.3, -0.25) is 4.79 Å². The number of piperidine rings is 1. The Bertz CT molecular complexity index is 883. The van der Waals surface area contributed by atoms with Gasteiger partial charge in [-0.25, -0.2) is 0 Å². The number of rotatable bonds is 2. The van der Waals surface area contributed by atoms with Crippen LogP contribution in [0.2, 0.25) is 0 Å². The van der Waals surface area contributed by atoms with Gasteiger partial charge in [-0.1, -0.05) is 12.1 Å². The molecule has 1 spiro atoms. The Hall–Kier alpha value is -2.01.